The molecule has 1 heterocycles. The van der Waals surface area contributed by atoms with Gasteiger partial charge in [0.15, 0.2) is 0 Å². The second kappa shape index (κ2) is 4.04. The number of aliphatic hydroxyl groups excluding tert-OH is 1. The molecule has 3 nitrogen and oxygen atoms in total. The normalized spacial score (nSPS) is 23.5. The van der Waals surface area contributed by atoms with Gasteiger partial charge in [0.05, 0.1) is 6.61 Å². The third-order valence-corrected chi connectivity index (χ3v) is 2.37. The summed E-state index contributed by atoms with van der Waals surface area (Å²) in [5.41, 5.74) is 0.258. The van der Waals surface area contributed by atoms with Crippen molar-refractivity contribution in [2.75, 3.05) is 26.2 Å². The molecule has 1 fully saturated rings. The first-order chi connectivity index (χ1) is 5.27. The fourth-order valence-corrected chi connectivity index (χ4v) is 1.51. The van der Waals surface area contributed by atoms with E-state index in [4.69, 9.17) is 5.11 Å². The van der Waals surface area contributed by atoms with Crippen molar-refractivity contribution >= 4 is 0 Å². The van der Waals surface area contributed by atoms with Crippen LogP contribution in [0.1, 0.15) is 19.8 Å². The Morgan fingerprint density at radius 1 is 1.45 bits per heavy atom. The van der Waals surface area contributed by atoms with Gasteiger partial charge in [-0.25, -0.2) is 0 Å². The van der Waals surface area contributed by atoms with Crippen molar-refractivity contribution in [2.24, 2.45) is 0 Å². The largest absolute Gasteiger partial charge is 0.395 e. The van der Waals surface area contributed by atoms with E-state index in [1.807, 2.05) is 0 Å². The van der Waals surface area contributed by atoms with Gasteiger partial charge in [0.1, 0.15) is 0 Å². The summed E-state index contributed by atoms with van der Waals surface area (Å²) in [7, 11) is 0. The van der Waals surface area contributed by atoms with Gasteiger partial charge in [0.25, 0.3) is 0 Å². The molecule has 1 rings (SSSR count). The van der Waals surface area contributed by atoms with Crippen molar-refractivity contribution in [1.82, 2.24) is 10.6 Å². The molecular weight excluding hydrogens is 140 g/mol. The molecule has 0 radical (unpaired) electrons. The summed E-state index contributed by atoms with van der Waals surface area (Å²) in [5, 5.41) is 15.3. The predicted molar refractivity (Wildman–Crippen MR) is 45.6 cm³/mol. The molecule has 0 bridgehead atoms. The summed E-state index contributed by atoms with van der Waals surface area (Å²) in [6.07, 6.45) is 2.32. The number of piperidine rings is 1. The Kier molecular flexibility index (Phi) is 3.30. The second-order valence-electron chi connectivity index (χ2n) is 3.46. The Balaban J connectivity index is 2.25. The molecule has 3 N–H and O–H groups in total. The van der Waals surface area contributed by atoms with Gasteiger partial charge in [-0.15, -0.1) is 0 Å². The van der Waals surface area contributed by atoms with Gasteiger partial charge >= 0.3 is 0 Å². The SMILES string of the molecule is CC1(NCCO)CCNCC1. The van der Waals surface area contributed by atoms with Crippen LogP contribution >= 0.6 is 0 Å². The molecule has 0 aromatic heterocycles. The Morgan fingerprint density at radius 2 is 2.09 bits per heavy atom. The standard InChI is InChI=1S/C8H18N2O/c1-8(10-6-7-11)2-4-9-5-3-8/h9-11H,2-7H2,1H3. The molecular formula is C8H18N2O. The minimum absolute atomic E-state index is 0.239. The highest BCUT2D eigenvalue weighted by Gasteiger charge is 2.24. The lowest BCUT2D eigenvalue weighted by Gasteiger charge is -2.35. The van der Waals surface area contributed by atoms with Crippen LogP contribution in [0.25, 0.3) is 0 Å². The summed E-state index contributed by atoms with van der Waals surface area (Å²) in [5.74, 6) is 0. The van der Waals surface area contributed by atoms with Crippen LogP contribution in [0.4, 0.5) is 0 Å². The first-order valence-electron chi connectivity index (χ1n) is 4.33. The van der Waals surface area contributed by atoms with E-state index >= 15 is 0 Å². The molecule has 3 heteroatoms. The molecule has 66 valence electrons. The molecule has 0 saturated carbocycles. The van der Waals surface area contributed by atoms with Gasteiger partial charge in [-0.1, -0.05) is 0 Å². The number of hydrogen-bond donors (Lipinski definition) is 3. The highest BCUT2D eigenvalue weighted by molar-refractivity contribution is 4.87. The lowest BCUT2D eigenvalue weighted by molar-refractivity contribution is 0.226. The van der Waals surface area contributed by atoms with Crippen molar-refractivity contribution in [2.45, 2.75) is 25.3 Å². The molecule has 1 aliphatic rings. The average molecular weight is 158 g/mol. The third-order valence-electron chi connectivity index (χ3n) is 2.37. The van der Waals surface area contributed by atoms with Crippen molar-refractivity contribution in [3.05, 3.63) is 0 Å². The van der Waals surface area contributed by atoms with Gasteiger partial charge in [0.2, 0.25) is 0 Å². The number of aliphatic hydroxyl groups is 1. The maximum Gasteiger partial charge on any atom is 0.0556 e. The van der Waals surface area contributed by atoms with Gasteiger partial charge in [-0.05, 0) is 32.9 Å². The van der Waals surface area contributed by atoms with Crippen molar-refractivity contribution in [3.8, 4) is 0 Å². The molecule has 0 aromatic rings. The first-order valence-corrected chi connectivity index (χ1v) is 4.33. The quantitative estimate of drug-likeness (QED) is 0.529. The van der Waals surface area contributed by atoms with Crippen LogP contribution in [0.5, 0.6) is 0 Å². The molecule has 1 saturated heterocycles. The smallest absolute Gasteiger partial charge is 0.0556 e. The zero-order chi connectivity index (χ0) is 8.16. The maximum atomic E-state index is 8.63. The zero-order valence-corrected chi connectivity index (χ0v) is 7.19. The zero-order valence-electron chi connectivity index (χ0n) is 7.19. The summed E-state index contributed by atoms with van der Waals surface area (Å²) in [4.78, 5) is 0. The van der Waals surface area contributed by atoms with Crippen molar-refractivity contribution in [3.63, 3.8) is 0 Å². The molecule has 0 amide bonds. The van der Waals surface area contributed by atoms with Crippen LogP contribution in [0.3, 0.4) is 0 Å². The van der Waals surface area contributed by atoms with Crippen LogP contribution in [-0.2, 0) is 0 Å². The molecule has 0 unspecified atom stereocenters. The van der Waals surface area contributed by atoms with Crippen molar-refractivity contribution < 1.29 is 5.11 Å². The molecule has 1 aliphatic heterocycles. The lowest BCUT2D eigenvalue weighted by atomic mass is 9.91. The van der Waals surface area contributed by atoms with Crippen LogP contribution in [0.2, 0.25) is 0 Å². The van der Waals surface area contributed by atoms with E-state index < -0.39 is 0 Å². The minimum Gasteiger partial charge on any atom is -0.395 e. The highest BCUT2D eigenvalue weighted by Crippen LogP contribution is 2.16. The number of hydrogen-bond acceptors (Lipinski definition) is 3. The Morgan fingerprint density at radius 3 is 2.64 bits per heavy atom. The molecule has 11 heavy (non-hydrogen) atoms. The average Bonchev–Trinajstić information content (AvgIpc) is 2.03. The van der Waals surface area contributed by atoms with E-state index in [0.29, 0.717) is 0 Å². The first kappa shape index (κ1) is 8.97. The van der Waals surface area contributed by atoms with Crippen LogP contribution in [0, 0.1) is 0 Å². The summed E-state index contributed by atoms with van der Waals surface area (Å²) >= 11 is 0. The van der Waals surface area contributed by atoms with E-state index in [0.717, 1.165) is 32.5 Å². The van der Waals surface area contributed by atoms with Crippen LogP contribution in [0.15, 0.2) is 0 Å². The van der Waals surface area contributed by atoms with Gasteiger partial charge in [-0.3, -0.25) is 0 Å². The predicted octanol–water partition coefficient (Wildman–Crippen LogP) is -0.290. The minimum atomic E-state index is 0.239. The maximum absolute atomic E-state index is 8.63. The van der Waals surface area contributed by atoms with Gasteiger partial charge in [0, 0.05) is 12.1 Å². The number of β-amino-alcohol motifs (C(OH)–C–C–N with tert-alkyl or cyclic N) is 1. The monoisotopic (exact) mass is 158 g/mol. The van der Waals surface area contributed by atoms with E-state index in [1.165, 1.54) is 0 Å². The van der Waals surface area contributed by atoms with Gasteiger partial charge in [-0.2, -0.15) is 0 Å². The number of rotatable bonds is 3. The fourth-order valence-electron chi connectivity index (χ4n) is 1.51. The molecule has 0 aliphatic carbocycles. The van der Waals surface area contributed by atoms with E-state index in [9.17, 15) is 0 Å². The van der Waals surface area contributed by atoms with Crippen molar-refractivity contribution in [1.29, 1.82) is 0 Å². The topological polar surface area (TPSA) is 44.3 Å². The van der Waals surface area contributed by atoms with Crippen LogP contribution < -0.4 is 10.6 Å². The van der Waals surface area contributed by atoms with E-state index in [-0.39, 0.29) is 12.1 Å². The molecule has 0 atom stereocenters. The van der Waals surface area contributed by atoms with E-state index in [2.05, 4.69) is 17.6 Å². The highest BCUT2D eigenvalue weighted by atomic mass is 16.3. The Hall–Kier alpha value is -0.120. The Labute approximate surface area is 68.2 Å². The van der Waals surface area contributed by atoms with Crippen LogP contribution in [-0.4, -0.2) is 36.9 Å². The molecule has 0 spiro atoms. The van der Waals surface area contributed by atoms with Gasteiger partial charge < -0.3 is 15.7 Å². The Bertz CT molecular complexity index is 111. The molecule has 0 aromatic carbocycles. The third kappa shape index (κ3) is 2.77. The summed E-state index contributed by atoms with van der Waals surface area (Å²) in [6, 6.07) is 0. The van der Waals surface area contributed by atoms with E-state index in [1.54, 1.807) is 0 Å². The fraction of sp³-hybridized carbons (Fsp3) is 1.00. The summed E-state index contributed by atoms with van der Waals surface area (Å²) in [6.45, 7) is 5.37. The number of nitrogens with one attached hydrogen (secondary N) is 2. The second-order valence-corrected chi connectivity index (χ2v) is 3.46. The summed E-state index contributed by atoms with van der Waals surface area (Å²) < 4.78 is 0. The lowest BCUT2D eigenvalue weighted by Crippen LogP contribution is -2.50.